The summed E-state index contributed by atoms with van der Waals surface area (Å²) in [6, 6.07) is 8.09. The monoisotopic (exact) mass is 281 g/mol. The zero-order valence-corrected chi connectivity index (χ0v) is 10.9. The summed E-state index contributed by atoms with van der Waals surface area (Å²) >= 11 is 0. The minimum Gasteiger partial charge on any atom is -0.478 e. The Balaban J connectivity index is 2.05. The van der Waals surface area contributed by atoms with Crippen LogP contribution in [0.3, 0.4) is 0 Å². The van der Waals surface area contributed by atoms with Gasteiger partial charge in [0.25, 0.3) is 0 Å². The lowest BCUT2D eigenvalue weighted by Gasteiger charge is -2.06. The highest BCUT2D eigenvalue weighted by molar-refractivity contribution is 5.88. The van der Waals surface area contributed by atoms with Crippen LogP contribution in [0.25, 0.3) is 22.5 Å². The SMILES string of the molecule is Nc1ncc(-c2ccoc2)nc1-c1ccc(C(=O)O)cc1. The van der Waals surface area contributed by atoms with Gasteiger partial charge in [-0.2, -0.15) is 0 Å². The van der Waals surface area contributed by atoms with E-state index in [9.17, 15) is 4.79 Å². The molecule has 0 aliphatic heterocycles. The molecule has 0 amide bonds. The molecule has 2 heterocycles. The first kappa shape index (κ1) is 12.9. The lowest BCUT2D eigenvalue weighted by Crippen LogP contribution is -2.00. The third-order valence-electron chi connectivity index (χ3n) is 3.02. The third kappa shape index (κ3) is 2.46. The van der Waals surface area contributed by atoms with Crippen LogP contribution in [-0.2, 0) is 0 Å². The van der Waals surface area contributed by atoms with Crippen LogP contribution in [0.1, 0.15) is 10.4 Å². The van der Waals surface area contributed by atoms with E-state index in [0.29, 0.717) is 17.0 Å². The number of carboxylic acid groups (broad SMARTS) is 1. The van der Waals surface area contributed by atoms with Gasteiger partial charge >= 0.3 is 5.97 Å². The molecule has 1 aromatic carbocycles. The number of hydrogen-bond donors (Lipinski definition) is 2. The Morgan fingerprint density at radius 2 is 1.90 bits per heavy atom. The first-order valence-corrected chi connectivity index (χ1v) is 6.14. The first-order chi connectivity index (χ1) is 10.1. The van der Waals surface area contributed by atoms with E-state index in [1.165, 1.54) is 12.1 Å². The van der Waals surface area contributed by atoms with Gasteiger partial charge in [-0.3, -0.25) is 0 Å². The smallest absolute Gasteiger partial charge is 0.335 e. The van der Waals surface area contributed by atoms with Crippen molar-refractivity contribution in [3.05, 3.63) is 54.6 Å². The van der Waals surface area contributed by atoms with Crippen LogP contribution in [0, 0.1) is 0 Å². The number of nitrogen functional groups attached to an aromatic ring is 1. The van der Waals surface area contributed by atoms with Crippen LogP contribution >= 0.6 is 0 Å². The van der Waals surface area contributed by atoms with Crippen LogP contribution in [0.4, 0.5) is 5.82 Å². The number of benzene rings is 1. The maximum Gasteiger partial charge on any atom is 0.335 e. The minimum absolute atomic E-state index is 0.205. The average Bonchev–Trinajstić information content (AvgIpc) is 3.02. The van der Waals surface area contributed by atoms with E-state index in [0.717, 1.165) is 5.56 Å². The molecule has 0 fully saturated rings. The van der Waals surface area contributed by atoms with Crippen molar-refractivity contribution in [2.24, 2.45) is 0 Å². The molecule has 3 aromatic rings. The molecule has 6 nitrogen and oxygen atoms in total. The van der Waals surface area contributed by atoms with E-state index in [1.807, 2.05) is 0 Å². The summed E-state index contributed by atoms with van der Waals surface area (Å²) in [4.78, 5) is 19.5. The number of furan rings is 1. The van der Waals surface area contributed by atoms with E-state index < -0.39 is 5.97 Å². The quantitative estimate of drug-likeness (QED) is 0.765. The van der Waals surface area contributed by atoms with Gasteiger partial charge in [-0.25, -0.2) is 14.8 Å². The van der Waals surface area contributed by atoms with E-state index in [2.05, 4.69) is 9.97 Å². The van der Waals surface area contributed by atoms with Gasteiger partial charge in [0, 0.05) is 11.1 Å². The van der Waals surface area contributed by atoms with Crippen LogP contribution in [0.15, 0.2) is 53.5 Å². The fraction of sp³-hybridized carbons (Fsp3) is 0. The first-order valence-electron chi connectivity index (χ1n) is 6.14. The average molecular weight is 281 g/mol. The van der Waals surface area contributed by atoms with Gasteiger partial charge in [-0.15, -0.1) is 0 Å². The number of anilines is 1. The standard InChI is InChI=1S/C15H11N3O3/c16-14-13(9-1-3-10(4-2-9)15(19)20)18-12(7-17-14)11-5-6-21-8-11/h1-8H,(H2,16,17)(H,19,20). The molecule has 0 spiro atoms. The van der Waals surface area contributed by atoms with Gasteiger partial charge in [-0.05, 0) is 18.2 Å². The topological polar surface area (TPSA) is 102 Å². The molecule has 0 aliphatic rings. The van der Waals surface area contributed by atoms with Gasteiger partial charge < -0.3 is 15.3 Å². The molecule has 0 saturated carbocycles. The second-order valence-electron chi connectivity index (χ2n) is 4.38. The predicted octanol–water partition coefficient (Wildman–Crippen LogP) is 2.68. The number of nitrogens with two attached hydrogens (primary N) is 1. The van der Waals surface area contributed by atoms with Crippen LogP contribution in [-0.4, -0.2) is 21.0 Å². The van der Waals surface area contributed by atoms with Gasteiger partial charge in [0.1, 0.15) is 11.5 Å². The molecular weight excluding hydrogens is 270 g/mol. The highest BCUT2D eigenvalue weighted by Gasteiger charge is 2.10. The lowest BCUT2D eigenvalue weighted by molar-refractivity contribution is 0.0697. The Bertz CT molecular complexity index is 780. The number of hydrogen-bond acceptors (Lipinski definition) is 5. The van der Waals surface area contributed by atoms with Crippen LogP contribution < -0.4 is 5.73 Å². The molecule has 21 heavy (non-hydrogen) atoms. The van der Waals surface area contributed by atoms with Crippen molar-refractivity contribution in [3.63, 3.8) is 0 Å². The summed E-state index contributed by atoms with van der Waals surface area (Å²) in [6.45, 7) is 0. The summed E-state index contributed by atoms with van der Waals surface area (Å²) < 4.78 is 5.02. The van der Waals surface area contributed by atoms with E-state index in [1.54, 1.807) is 36.9 Å². The fourth-order valence-corrected chi connectivity index (χ4v) is 1.93. The maximum absolute atomic E-state index is 10.9. The molecule has 0 unspecified atom stereocenters. The van der Waals surface area contributed by atoms with E-state index in [-0.39, 0.29) is 11.4 Å². The van der Waals surface area contributed by atoms with Gasteiger partial charge in [-0.1, -0.05) is 12.1 Å². The Kier molecular flexibility index (Phi) is 3.12. The normalized spacial score (nSPS) is 10.5. The summed E-state index contributed by atoms with van der Waals surface area (Å²) in [5.41, 5.74) is 8.71. The van der Waals surface area contributed by atoms with Crippen molar-refractivity contribution in [1.82, 2.24) is 9.97 Å². The van der Waals surface area contributed by atoms with E-state index >= 15 is 0 Å². The largest absolute Gasteiger partial charge is 0.478 e. The zero-order chi connectivity index (χ0) is 14.8. The number of carboxylic acids is 1. The zero-order valence-electron chi connectivity index (χ0n) is 10.9. The van der Waals surface area contributed by atoms with Crippen molar-refractivity contribution in [1.29, 1.82) is 0 Å². The van der Waals surface area contributed by atoms with Gasteiger partial charge in [0.05, 0.1) is 30.0 Å². The molecule has 0 aliphatic carbocycles. The van der Waals surface area contributed by atoms with Gasteiger partial charge in [0.15, 0.2) is 0 Å². The fourth-order valence-electron chi connectivity index (χ4n) is 1.93. The number of aromatic nitrogens is 2. The number of nitrogens with zero attached hydrogens (tertiary/aromatic N) is 2. The Morgan fingerprint density at radius 3 is 2.52 bits per heavy atom. The second kappa shape index (κ2) is 5.09. The van der Waals surface area contributed by atoms with E-state index in [4.69, 9.17) is 15.3 Å². The predicted molar refractivity (Wildman–Crippen MR) is 76.5 cm³/mol. The lowest BCUT2D eigenvalue weighted by atomic mass is 10.1. The molecule has 104 valence electrons. The van der Waals surface area contributed by atoms with Crippen molar-refractivity contribution >= 4 is 11.8 Å². The highest BCUT2D eigenvalue weighted by atomic mass is 16.4. The molecule has 2 aromatic heterocycles. The number of aromatic carboxylic acids is 1. The molecule has 3 rings (SSSR count). The molecule has 0 atom stereocenters. The van der Waals surface area contributed by atoms with Crippen molar-refractivity contribution in [2.45, 2.75) is 0 Å². The molecule has 0 bridgehead atoms. The summed E-state index contributed by atoms with van der Waals surface area (Å²) in [6.07, 6.45) is 4.68. The highest BCUT2D eigenvalue weighted by Crippen LogP contribution is 2.26. The Morgan fingerprint density at radius 1 is 1.14 bits per heavy atom. The second-order valence-corrected chi connectivity index (χ2v) is 4.38. The molecular formula is C15H11N3O3. The maximum atomic E-state index is 10.9. The molecule has 0 radical (unpaired) electrons. The summed E-state index contributed by atoms with van der Waals surface area (Å²) in [5, 5.41) is 8.91. The number of carbonyl (C=O) groups is 1. The van der Waals surface area contributed by atoms with Crippen LogP contribution in [0.5, 0.6) is 0 Å². The van der Waals surface area contributed by atoms with Crippen molar-refractivity contribution in [3.8, 4) is 22.5 Å². The Labute approximate surface area is 119 Å². The Hall–Kier alpha value is -3.15. The third-order valence-corrected chi connectivity index (χ3v) is 3.02. The summed E-state index contributed by atoms with van der Waals surface area (Å²) in [7, 11) is 0. The van der Waals surface area contributed by atoms with Crippen molar-refractivity contribution < 1.29 is 14.3 Å². The van der Waals surface area contributed by atoms with Gasteiger partial charge in [0.2, 0.25) is 0 Å². The minimum atomic E-state index is -0.979. The molecule has 0 saturated heterocycles. The van der Waals surface area contributed by atoms with Crippen LogP contribution in [0.2, 0.25) is 0 Å². The molecule has 3 N–H and O–H groups in total. The molecule has 6 heteroatoms. The number of rotatable bonds is 3. The summed E-state index contributed by atoms with van der Waals surface area (Å²) in [5.74, 6) is -0.696. The van der Waals surface area contributed by atoms with Crippen molar-refractivity contribution in [2.75, 3.05) is 5.73 Å².